The summed E-state index contributed by atoms with van der Waals surface area (Å²) in [5.41, 5.74) is 3.04. The largest absolute Gasteiger partial charge is 0.508 e. The van der Waals surface area contributed by atoms with Gasteiger partial charge in [-0.3, -0.25) is 0 Å². The lowest BCUT2D eigenvalue weighted by molar-refractivity contribution is 0.457. The quantitative estimate of drug-likeness (QED) is 0.573. The van der Waals surface area contributed by atoms with Crippen molar-refractivity contribution in [3.8, 4) is 16.9 Å². The molecule has 3 aromatic carbocycles. The molecule has 0 heterocycles. The van der Waals surface area contributed by atoms with Crippen LogP contribution < -0.4 is 5.30 Å². The smallest absolute Gasteiger partial charge is 0.130 e. The molecule has 0 bridgehead atoms. The zero-order valence-corrected chi connectivity index (χ0v) is 15.5. The minimum Gasteiger partial charge on any atom is -0.508 e. The molecule has 0 saturated heterocycles. The highest BCUT2D eigenvalue weighted by atomic mass is 31.1. The van der Waals surface area contributed by atoms with Crippen molar-refractivity contribution in [2.45, 2.75) is 25.4 Å². The van der Waals surface area contributed by atoms with Crippen molar-refractivity contribution in [1.29, 1.82) is 0 Å². The number of aromatic hydroxyl groups is 1. The molecule has 3 aromatic rings. The van der Waals surface area contributed by atoms with Crippen LogP contribution in [0.15, 0.2) is 72.8 Å². The Morgan fingerprint density at radius 2 is 1.60 bits per heavy atom. The van der Waals surface area contributed by atoms with Crippen LogP contribution in [0.5, 0.6) is 5.75 Å². The van der Waals surface area contributed by atoms with Crippen LogP contribution in [0, 0.1) is 5.82 Å². The first-order chi connectivity index (χ1) is 12.0. The molecular formula is C22H22FOP. The third-order valence-corrected chi connectivity index (χ3v) is 6.54. The van der Waals surface area contributed by atoms with Crippen LogP contribution in [-0.2, 0) is 5.16 Å². The van der Waals surface area contributed by atoms with Gasteiger partial charge in [0.15, 0.2) is 0 Å². The molecular weight excluding hydrogens is 330 g/mol. The molecule has 0 saturated carbocycles. The molecule has 1 N–H and O–H groups in total. The number of phenols is 1. The first kappa shape index (κ1) is 17.6. The summed E-state index contributed by atoms with van der Waals surface area (Å²) in [6, 6.07) is 22.7. The van der Waals surface area contributed by atoms with Gasteiger partial charge in [0, 0.05) is 16.0 Å². The van der Waals surface area contributed by atoms with Gasteiger partial charge in [0.25, 0.3) is 0 Å². The fourth-order valence-corrected chi connectivity index (χ4v) is 4.48. The lowest BCUT2D eigenvalue weighted by Gasteiger charge is -2.30. The molecule has 3 heteroatoms. The zero-order valence-electron chi connectivity index (χ0n) is 14.5. The molecule has 0 aliphatic carbocycles. The number of halogens is 1. The highest BCUT2D eigenvalue weighted by Gasteiger charge is 2.29. The number of hydrogen-bond acceptors (Lipinski definition) is 1. The van der Waals surface area contributed by atoms with Crippen LogP contribution >= 0.6 is 8.58 Å². The molecule has 3 rings (SSSR count). The van der Waals surface area contributed by atoms with E-state index in [-0.39, 0.29) is 25.3 Å². The van der Waals surface area contributed by atoms with E-state index in [9.17, 15) is 9.50 Å². The van der Waals surface area contributed by atoms with Gasteiger partial charge >= 0.3 is 0 Å². The third kappa shape index (κ3) is 3.75. The molecule has 0 amide bonds. The van der Waals surface area contributed by atoms with Crippen molar-refractivity contribution in [3.05, 3.63) is 84.2 Å². The summed E-state index contributed by atoms with van der Waals surface area (Å²) in [5.74, 6) is 0.0899. The Labute approximate surface area is 150 Å². The molecule has 2 unspecified atom stereocenters. The summed E-state index contributed by atoms with van der Waals surface area (Å²) >= 11 is 0. The Balaban J connectivity index is 2.04. The molecule has 1 nitrogen and oxygen atoms in total. The van der Waals surface area contributed by atoms with Gasteiger partial charge < -0.3 is 5.11 Å². The average Bonchev–Trinajstić information content (AvgIpc) is 2.64. The normalized spacial score (nSPS) is 13.9. The number of rotatable bonds is 5. The van der Waals surface area contributed by atoms with Gasteiger partial charge in [-0.05, 0) is 35.7 Å². The Morgan fingerprint density at radius 3 is 2.28 bits per heavy atom. The number of benzene rings is 3. The lowest BCUT2D eigenvalue weighted by atomic mass is 9.93. The van der Waals surface area contributed by atoms with Gasteiger partial charge in [0.2, 0.25) is 0 Å². The molecule has 25 heavy (non-hydrogen) atoms. The number of phenolic OH excluding ortho intramolecular Hbond substituents is 1. The van der Waals surface area contributed by atoms with Crippen LogP contribution in [0.1, 0.15) is 25.8 Å². The van der Waals surface area contributed by atoms with Crippen LogP contribution in [0.4, 0.5) is 4.39 Å². The molecule has 0 radical (unpaired) electrons. The molecule has 0 spiro atoms. The van der Waals surface area contributed by atoms with Gasteiger partial charge in [-0.15, -0.1) is 0 Å². The van der Waals surface area contributed by atoms with Crippen molar-refractivity contribution < 1.29 is 9.50 Å². The molecule has 128 valence electrons. The molecule has 0 aliphatic rings. The van der Waals surface area contributed by atoms with E-state index >= 15 is 0 Å². The summed E-state index contributed by atoms with van der Waals surface area (Å²) < 4.78 is 14.2. The summed E-state index contributed by atoms with van der Waals surface area (Å²) in [5, 5.41) is 10.9. The SMILES string of the molecule is CCC(C)(Pc1ccccc1F)c1cc(-c2ccccc2)ccc1O. The molecule has 0 fully saturated rings. The van der Waals surface area contributed by atoms with E-state index in [2.05, 4.69) is 26.0 Å². The second-order valence-electron chi connectivity index (χ2n) is 6.39. The Hall–Kier alpha value is -2.18. The Bertz CT molecular complexity index is 863. The standard InChI is InChI=1S/C22H22FOP/c1-3-22(2,25-21-12-8-7-11-19(21)23)18-15-17(13-14-20(18)24)16-9-5-4-6-10-16/h4-15,24-25H,3H2,1-2H3. The predicted molar refractivity (Wildman–Crippen MR) is 106 cm³/mol. The van der Waals surface area contributed by atoms with Crippen molar-refractivity contribution in [3.63, 3.8) is 0 Å². The zero-order chi connectivity index (χ0) is 17.9. The Morgan fingerprint density at radius 1 is 0.920 bits per heavy atom. The molecule has 0 aromatic heterocycles. The lowest BCUT2D eigenvalue weighted by Crippen LogP contribution is -2.20. The van der Waals surface area contributed by atoms with E-state index in [1.807, 2.05) is 42.5 Å². The summed E-state index contributed by atoms with van der Waals surface area (Å²) in [6.45, 7) is 4.18. The predicted octanol–water partition coefficient (Wildman–Crippen LogP) is 5.83. The summed E-state index contributed by atoms with van der Waals surface area (Å²) in [4.78, 5) is 0. The fraction of sp³-hybridized carbons (Fsp3) is 0.182. The van der Waals surface area contributed by atoms with E-state index in [4.69, 9.17) is 0 Å². The molecule has 0 aliphatic heterocycles. The second-order valence-corrected chi connectivity index (χ2v) is 8.28. The third-order valence-electron chi connectivity index (χ3n) is 4.69. The highest BCUT2D eigenvalue weighted by molar-refractivity contribution is 7.48. The van der Waals surface area contributed by atoms with Crippen LogP contribution in [0.2, 0.25) is 0 Å². The van der Waals surface area contributed by atoms with E-state index in [0.29, 0.717) is 5.30 Å². The van der Waals surface area contributed by atoms with Crippen LogP contribution in [0.3, 0.4) is 0 Å². The topological polar surface area (TPSA) is 20.2 Å². The van der Waals surface area contributed by atoms with Crippen molar-refractivity contribution in [2.75, 3.05) is 0 Å². The van der Waals surface area contributed by atoms with Crippen molar-refractivity contribution in [1.82, 2.24) is 0 Å². The van der Waals surface area contributed by atoms with Gasteiger partial charge in [-0.2, -0.15) is 0 Å². The van der Waals surface area contributed by atoms with E-state index in [1.54, 1.807) is 12.1 Å². The minimum atomic E-state index is -0.322. The average molecular weight is 352 g/mol. The van der Waals surface area contributed by atoms with Crippen LogP contribution in [0.25, 0.3) is 11.1 Å². The van der Waals surface area contributed by atoms with Gasteiger partial charge in [0.05, 0.1) is 0 Å². The van der Waals surface area contributed by atoms with Gasteiger partial charge in [-0.25, -0.2) is 4.39 Å². The number of hydrogen-bond donors (Lipinski definition) is 1. The second kappa shape index (κ2) is 7.37. The maximum absolute atomic E-state index is 14.2. The first-order valence-electron chi connectivity index (χ1n) is 8.45. The monoisotopic (exact) mass is 352 g/mol. The van der Waals surface area contributed by atoms with Crippen molar-refractivity contribution >= 4 is 13.9 Å². The van der Waals surface area contributed by atoms with E-state index in [0.717, 1.165) is 23.1 Å². The summed E-state index contributed by atoms with van der Waals surface area (Å²) in [6.07, 6.45) is 0.811. The van der Waals surface area contributed by atoms with Crippen molar-refractivity contribution in [2.24, 2.45) is 0 Å². The minimum absolute atomic E-state index is 0.181. The highest BCUT2D eigenvalue weighted by Crippen LogP contribution is 2.48. The maximum atomic E-state index is 14.2. The van der Waals surface area contributed by atoms with Gasteiger partial charge in [0.1, 0.15) is 11.6 Å². The maximum Gasteiger partial charge on any atom is 0.130 e. The Kier molecular flexibility index (Phi) is 5.20. The summed E-state index contributed by atoms with van der Waals surface area (Å²) in [7, 11) is 0.240. The van der Waals surface area contributed by atoms with E-state index < -0.39 is 0 Å². The fourth-order valence-electron chi connectivity index (χ4n) is 2.99. The molecule has 2 atom stereocenters. The first-order valence-corrected chi connectivity index (χ1v) is 9.45. The van der Waals surface area contributed by atoms with Gasteiger partial charge in [-0.1, -0.05) is 77.0 Å². The van der Waals surface area contributed by atoms with Crippen LogP contribution in [-0.4, -0.2) is 5.11 Å². The van der Waals surface area contributed by atoms with E-state index in [1.165, 1.54) is 6.07 Å².